The first-order chi connectivity index (χ1) is 18.2. The molecule has 0 bridgehead atoms. The van der Waals surface area contributed by atoms with E-state index in [0.717, 1.165) is 42.4 Å². The van der Waals surface area contributed by atoms with Crippen LogP contribution in [-0.4, -0.2) is 36.5 Å². The summed E-state index contributed by atoms with van der Waals surface area (Å²) >= 11 is 0. The number of ether oxygens (including phenoxy) is 2. The van der Waals surface area contributed by atoms with Crippen molar-refractivity contribution >= 4 is 17.6 Å². The van der Waals surface area contributed by atoms with Crippen LogP contribution in [0.5, 0.6) is 0 Å². The number of allylic oxidation sites excluding steroid dienone is 1. The first-order valence-electron chi connectivity index (χ1n) is 15.0. The lowest BCUT2D eigenvalue weighted by Gasteiger charge is -2.61. The van der Waals surface area contributed by atoms with Gasteiger partial charge in [0, 0.05) is 13.0 Å². The largest absolute Gasteiger partial charge is 0.492 e. The van der Waals surface area contributed by atoms with E-state index in [0.29, 0.717) is 35.1 Å². The van der Waals surface area contributed by atoms with Crippen molar-refractivity contribution in [3.05, 3.63) is 24.0 Å². The van der Waals surface area contributed by atoms with Crippen molar-refractivity contribution in [3.8, 4) is 0 Å². The fraction of sp³-hybridized carbons (Fsp3) is 0.781. The van der Waals surface area contributed by atoms with Crippen LogP contribution in [0.25, 0.3) is 11.8 Å². The van der Waals surface area contributed by atoms with Gasteiger partial charge in [0.15, 0.2) is 18.1 Å². The maximum absolute atomic E-state index is 14.1. The van der Waals surface area contributed by atoms with Crippen LogP contribution >= 0.6 is 0 Å². The summed E-state index contributed by atoms with van der Waals surface area (Å²) in [5.41, 5.74) is 2.03. The van der Waals surface area contributed by atoms with Gasteiger partial charge < -0.3 is 9.47 Å². The average molecular weight is 525 g/mol. The van der Waals surface area contributed by atoms with Crippen LogP contribution in [0, 0.1) is 46.3 Å². The molecule has 1 aromatic rings. The Morgan fingerprint density at radius 1 is 1.16 bits per heavy atom. The predicted octanol–water partition coefficient (Wildman–Crippen LogP) is 5.85. The molecule has 6 heteroatoms. The Hall–Kier alpha value is -1.95. The summed E-state index contributed by atoms with van der Waals surface area (Å²) in [5, 5.41) is 4.64. The van der Waals surface area contributed by atoms with Gasteiger partial charge in [0.1, 0.15) is 0 Å². The molecular formula is C32H50N3O3+. The second kappa shape index (κ2) is 10.6. The Bertz CT molecular complexity index is 1090. The summed E-state index contributed by atoms with van der Waals surface area (Å²) in [5.74, 6) is 4.81. The zero-order valence-corrected chi connectivity index (χ0v) is 24.7. The van der Waals surface area contributed by atoms with Crippen molar-refractivity contribution < 1.29 is 19.0 Å². The van der Waals surface area contributed by atoms with Crippen molar-refractivity contribution in [1.82, 2.24) is 9.90 Å². The Morgan fingerprint density at radius 3 is 2.66 bits per heavy atom. The normalized spacial score (nSPS) is 38.5. The first kappa shape index (κ1) is 27.6. The van der Waals surface area contributed by atoms with Gasteiger partial charge in [-0.1, -0.05) is 32.9 Å². The summed E-state index contributed by atoms with van der Waals surface area (Å²) in [4.78, 5) is 15.8. The molecule has 4 fully saturated rings. The van der Waals surface area contributed by atoms with E-state index < -0.39 is 0 Å². The van der Waals surface area contributed by atoms with Crippen LogP contribution in [0.3, 0.4) is 0 Å². The molecule has 0 aromatic carbocycles. The number of fused-ring (bicyclic) bond motifs is 5. The van der Waals surface area contributed by atoms with E-state index in [4.69, 9.17) is 9.47 Å². The molecule has 4 aliphatic carbocycles. The summed E-state index contributed by atoms with van der Waals surface area (Å²) in [6, 6.07) is 0. The molecule has 0 aliphatic heterocycles. The SMILES string of the molecule is C=C(OC)c1nn(C)[n+](CC(=O)C2CCC3C4CCC5CC(C)CCC5(COC)C4CCC23C)c1C=CC. The third-order valence-corrected chi connectivity index (χ3v) is 11.7. The number of rotatable bonds is 8. The van der Waals surface area contributed by atoms with Gasteiger partial charge in [0.05, 0.1) is 25.9 Å². The minimum atomic E-state index is 0.0974. The maximum atomic E-state index is 14.1. The van der Waals surface area contributed by atoms with Crippen LogP contribution in [-0.2, 0) is 27.9 Å². The van der Waals surface area contributed by atoms with E-state index in [1.165, 1.54) is 51.4 Å². The molecule has 6 nitrogen and oxygen atoms in total. The summed E-state index contributed by atoms with van der Waals surface area (Å²) in [6.45, 7) is 12.2. The number of aromatic nitrogens is 3. The van der Waals surface area contributed by atoms with Gasteiger partial charge in [0.25, 0.3) is 5.69 Å². The molecule has 0 N–H and O–H groups in total. The van der Waals surface area contributed by atoms with Gasteiger partial charge in [-0.05, 0) is 110 Å². The van der Waals surface area contributed by atoms with Gasteiger partial charge >= 0.3 is 0 Å². The van der Waals surface area contributed by atoms with Crippen molar-refractivity contribution in [3.63, 3.8) is 0 Å². The Kier molecular flexibility index (Phi) is 7.67. The standard InChI is InChI=1S/C32H50N3O3/c1-8-9-28-30(22(3)38-7)33-34(5)35(28)19-29(36)27-13-12-25-24-11-10-23-18-21(2)14-17-32(23,20-37-6)26(24)15-16-31(25,27)4/h8-9,21,23-27H,3,10-20H2,1-2,4-7H3/q+1. The Labute approximate surface area is 229 Å². The van der Waals surface area contributed by atoms with Crippen LogP contribution in [0.1, 0.15) is 89.9 Å². The fourth-order valence-corrected chi connectivity index (χ4v) is 9.93. The van der Waals surface area contributed by atoms with E-state index in [-0.39, 0.29) is 11.3 Å². The third kappa shape index (κ3) is 4.30. The molecule has 210 valence electrons. The average Bonchev–Trinajstić information content (AvgIpc) is 3.41. The molecular weight excluding hydrogens is 474 g/mol. The Balaban J connectivity index is 1.38. The second-order valence-electron chi connectivity index (χ2n) is 13.3. The molecule has 8 atom stereocenters. The fourth-order valence-electron chi connectivity index (χ4n) is 9.93. The van der Waals surface area contributed by atoms with Gasteiger partial charge in [-0.25, -0.2) is 0 Å². The van der Waals surface area contributed by atoms with E-state index in [9.17, 15) is 4.79 Å². The smallest absolute Gasteiger partial charge is 0.289 e. The molecule has 8 unspecified atom stereocenters. The minimum Gasteiger partial charge on any atom is -0.492 e. The van der Waals surface area contributed by atoms with Crippen molar-refractivity contribution in [2.24, 2.45) is 53.4 Å². The molecule has 0 radical (unpaired) electrons. The number of carbonyl (C=O) groups excluding carboxylic acids is 1. The van der Waals surface area contributed by atoms with E-state index >= 15 is 0 Å². The number of Topliss-reactive ketones (excluding diaryl/α,β-unsaturated/α-hetero) is 1. The number of methoxy groups -OCH3 is 2. The second-order valence-corrected chi connectivity index (χ2v) is 13.3. The highest BCUT2D eigenvalue weighted by Gasteiger charge is 2.62. The number of hydrogen-bond donors (Lipinski definition) is 0. The lowest BCUT2D eigenvalue weighted by atomic mass is 9.44. The van der Waals surface area contributed by atoms with Gasteiger partial charge in [0.2, 0.25) is 5.69 Å². The van der Waals surface area contributed by atoms with Crippen molar-refractivity contribution in [2.75, 3.05) is 20.8 Å². The third-order valence-electron chi connectivity index (χ3n) is 11.7. The lowest BCUT2D eigenvalue weighted by Crippen LogP contribution is -2.57. The van der Waals surface area contributed by atoms with Gasteiger partial charge in [-0.2, -0.15) is 0 Å². The number of hydrogen-bond acceptors (Lipinski definition) is 4. The van der Waals surface area contributed by atoms with Crippen LogP contribution in [0.2, 0.25) is 0 Å². The highest BCUT2D eigenvalue weighted by Crippen LogP contribution is 2.68. The zero-order chi connectivity index (χ0) is 27.2. The monoisotopic (exact) mass is 524 g/mol. The summed E-state index contributed by atoms with van der Waals surface area (Å²) in [7, 11) is 5.42. The minimum absolute atomic E-state index is 0.0974. The predicted molar refractivity (Wildman–Crippen MR) is 150 cm³/mol. The molecule has 1 aromatic heterocycles. The van der Waals surface area contributed by atoms with Gasteiger partial charge in [-0.3, -0.25) is 4.79 Å². The number of ketones is 1. The molecule has 0 saturated heterocycles. The molecule has 1 heterocycles. The number of carbonyl (C=O) groups is 1. The van der Waals surface area contributed by atoms with Crippen LogP contribution in [0.4, 0.5) is 0 Å². The quantitative estimate of drug-likeness (QED) is 0.316. The number of aryl methyl sites for hydroxylation is 1. The van der Waals surface area contributed by atoms with Crippen molar-refractivity contribution in [2.45, 2.75) is 85.1 Å². The van der Waals surface area contributed by atoms with Crippen LogP contribution < -0.4 is 4.68 Å². The van der Waals surface area contributed by atoms with E-state index in [1.54, 1.807) is 11.9 Å². The highest BCUT2D eigenvalue weighted by atomic mass is 16.5. The molecule has 0 spiro atoms. The molecule has 4 saturated carbocycles. The summed E-state index contributed by atoms with van der Waals surface area (Å²) < 4.78 is 13.4. The van der Waals surface area contributed by atoms with E-state index in [1.807, 2.05) is 37.9 Å². The highest BCUT2D eigenvalue weighted by molar-refractivity contribution is 5.81. The Morgan fingerprint density at radius 2 is 1.95 bits per heavy atom. The topological polar surface area (TPSA) is 57.2 Å². The van der Waals surface area contributed by atoms with Gasteiger partial charge in [-0.15, -0.1) is 4.68 Å². The first-order valence-corrected chi connectivity index (χ1v) is 15.0. The molecule has 5 rings (SSSR count). The van der Waals surface area contributed by atoms with Crippen LogP contribution in [0.15, 0.2) is 12.7 Å². The number of nitrogens with zero attached hydrogens (tertiary/aromatic N) is 3. The maximum Gasteiger partial charge on any atom is 0.289 e. The summed E-state index contributed by atoms with van der Waals surface area (Å²) in [6.07, 6.45) is 15.4. The van der Waals surface area contributed by atoms with Crippen molar-refractivity contribution in [1.29, 1.82) is 0 Å². The molecule has 38 heavy (non-hydrogen) atoms. The zero-order valence-electron chi connectivity index (χ0n) is 24.7. The molecule has 0 amide bonds. The van der Waals surface area contributed by atoms with E-state index in [2.05, 4.69) is 25.5 Å². The molecule has 4 aliphatic rings. The lowest BCUT2D eigenvalue weighted by molar-refractivity contribution is -0.768.